The van der Waals surface area contributed by atoms with Crippen LogP contribution in [0, 0.1) is 5.82 Å². The lowest BCUT2D eigenvalue weighted by molar-refractivity contribution is 0.497. The molecule has 4 heteroatoms. The van der Waals surface area contributed by atoms with Crippen LogP contribution in [-0.4, -0.2) is 11.5 Å². The van der Waals surface area contributed by atoms with E-state index in [-0.39, 0.29) is 11.9 Å². The van der Waals surface area contributed by atoms with Gasteiger partial charge in [-0.15, -0.1) is 0 Å². The summed E-state index contributed by atoms with van der Waals surface area (Å²) in [6.45, 7) is 2.94. The van der Waals surface area contributed by atoms with E-state index in [2.05, 4.69) is 17.2 Å². The number of nitrogens with two attached hydrogens (primary N) is 1. The highest BCUT2D eigenvalue weighted by Crippen LogP contribution is 2.21. The number of benzene rings is 1. The number of hydrogen-bond acceptors (Lipinski definition) is 3. The fourth-order valence-corrected chi connectivity index (χ4v) is 2.23. The second kappa shape index (κ2) is 7.01. The summed E-state index contributed by atoms with van der Waals surface area (Å²) in [6, 6.07) is 10.6. The molecule has 0 saturated carbocycles. The molecule has 2 rings (SSSR count). The van der Waals surface area contributed by atoms with E-state index >= 15 is 0 Å². The van der Waals surface area contributed by atoms with Gasteiger partial charge in [-0.3, -0.25) is 0 Å². The Balaban J connectivity index is 2.22. The summed E-state index contributed by atoms with van der Waals surface area (Å²) >= 11 is 0. The zero-order chi connectivity index (χ0) is 14.4. The Hall–Kier alpha value is -1.94. The first kappa shape index (κ1) is 14.5. The first-order chi connectivity index (χ1) is 9.70. The molecular weight excluding hydrogens is 253 g/mol. The molecular formula is C16H20FN3. The maximum absolute atomic E-state index is 14.0. The Labute approximate surface area is 119 Å². The molecule has 2 aromatic rings. The first-order valence-electron chi connectivity index (χ1n) is 6.89. The standard InChI is InChI=1S/C16H20FN3/c1-2-8-19-15(13-5-3-4-6-14(13)17)10-12-7-9-20-16(18)11-12/h3-7,9,11,15,19H,2,8,10H2,1H3,(H2,18,20). The van der Waals surface area contributed by atoms with Crippen molar-refractivity contribution in [2.24, 2.45) is 0 Å². The number of anilines is 1. The highest BCUT2D eigenvalue weighted by Gasteiger charge is 2.15. The van der Waals surface area contributed by atoms with E-state index in [1.807, 2.05) is 24.3 Å². The summed E-state index contributed by atoms with van der Waals surface area (Å²) in [6.07, 6.45) is 3.37. The second-order valence-electron chi connectivity index (χ2n) is 4.82. The van der Waals surface area contributed by atoms with Gasteiger partial charge in [-0.1, -0.05) is 25.1 Å². The largest absolute Gasteiger partial charge is 0.384 e. The van der Waals surface area contributed by atoms with E-state index in [1.54, 1.807) is 12.3 Å². The normalized spacial score (nSPS) is 12.3. The van der Waals surface area contributed by atoms with Crippen LogP contribution in [0.25, 0.3) is 0 Å². The number of pyridine rings is 1. The van der Waals surface area contributed by atoms with Gasteiger partial charge in [0.25, 0.3) is 0 Å². The van der Waals surface area contributed by atoms with Crippen molar-refractivity contribution in [3.63, 3.8) is 0 Å². The van der Waals surface area contributed by atoms with Crippen LogP contribution < -0.4 is 11.1 Å². The summed E-state index contributed by atoms with van der Waals surface area (Å²) in [5, 5.41) is 3.39. The van der Waals surface area contributed by atoms with Gasteiger partial charge in [0.2, 0.25) is 0 Å². The third-order valence-corrected chi connectivity index (χ3v) is 3.21. The van der Waals surface area contributed by atoms with E-state index in [0.717, 1.165) is 18.5 Å². The van der Waals surface area contributed by atoms with E-state index in [4.69, 9.17) is 5.73 Å². The summed E-state index contributed by atoms with van der Waals surface area (Å²) in [4.78, 5) is 3.98. The van der Waals surface area contributed by atoms with E-state index in [9.17, 15) is 4.39 Å². The summed E-state index contributed by atoms with van der Waals surface area (Å²) in [5.41, 5.74) is 7.44. The van der Waals surface area contributed by atoms with Crippen LogP contribution in [0.5, 0.6) is 0 Å². The number of nitrogens with one attached hydrogen (secondary N) is 1. The number of rotatable bonds is 6. The third kappa shape index (κ3) is 3.78. The van der Waals surface area contributed by atoms with Crippen molar-refractivity contribution in [2.45, 2.75) is 25.8 Å². The zero-order valence-electron chi connectivity index (χ0n) is 11.6. The van der Waals surface area contributed by atoms with Crippen LogP contribution in [0.3, 0.4) is 0 Å². The maximum Gasteiger partial charge on any atom is 0.127 e. The van der Waals surface area contributed by atoms with Gasteiger partial charge in [0.1, 0.15) is 11.6 Å². The molecule has 0 saturated heterocycles. The number of halogens is 1. The van der Waals surface area contributed by atoms with E-state index in [0.29, 0.717) is 17.8 Å². The predicted octanol–water partition coefficient (Wildman–Crippen LogP) is 3.09. The van der Waals surface area contributed by atoms with Crippen LogP contribution in [0.2, 0.25) is 0 Å². The smallest absolute Gasteiger partial charge is 0.127 e. The molecule has 1 aromatic heterocycles. The molecule has 1 aromatic carbocycles. The number of hydrogen-bond donors (Lipinski definition) is 2. The van der Waals surface area contributed by atoms with Gasteiger partial charge in [0.15, 0.2) is 0 Å². The molecule has 0 bridgehead atoms. The molecule has 3 N–H and O–H groups in total. The molecule has 106 valence electrons. The fraction of sp³-hybridized carbons (Fsp3) is 0.312. The van der Waals surface area contributed by atoms with Crippen molar-refractivity contribution in [1.29, 1.82) is 0 Å². The molecule has 0 aliphatic heterocycles. The Morgan fingerprint density at radius 2 is 2.10 bits per heavy atom. The molecule has 0 amide bonds. The number of nitrogen functional groups attached to an aromatic ring is 1. The topological polar surface area (TPSA) is 50.9 Å². The quantitative estimate of drug-likeness (QED) is 0.850. The molecule has 1 atom stereocenters. The molecule has 0 aliphatic carbocycles. The molecule has 0 aliphatic rings. The molecule has 1 unspecified atom stereocenters. The Kier molecular flexibility index (Phi) is 5.07. The molecule has 0 fully saturated rings. The van der Waals surface area contributed by atoms with E-state index < -0.39 is 0 Å². The fourth-order valence-electron chi connectivity index (χ4n) is 2.23. The van der Waals surface area contributed by atoms with Gasteiger partial charge in [-0.25, -0.2) is 9.37 Å². The minimum atomic E-state index is -0.178. The Morgan fingerprint density at radius 1 is 1.30 bits per heavy atom. The van der Waals surface area contributed by atoms with Gasteiger partial charge < -0.3 is 11.1 Å². The minimum Gasteiger partial charge on any atom is -0.384 e. The van der Waals surface area contributed by atoms with E-state index in [1.165, 1.54) is 6.07 Å². The van der Waals surface area contributed by atoms with Crippen molar-refractivity contribution >= 4 is 5.82 Å². The van der Waals surface area contributed by atoms with Crippen LogP contribution in [0.15, 0.2) is 42.6 Å². The van der Waals surface area contributed by atoms with Crippen molar-refractivity contribution in [3.05, 3.63) is 59.5 Å². The van der Waals surface area contributed by atoms with Crippen molar-refractivity contribution in [2.75, 3.05) is 12.3 Å². The highest BCUT2D eigenvalue weighted by atomic mass is 19.1. The van der Waals surface area contributed by atoms with Crippen molar-refractivity contribution < 1.29 is 4.39 Å². The highest BCUT2D eigenvalue weighted by molar-refractivity contribution is 5.33. The molecule has 0 spiro atoms. The average molecular weight is 273 g/mol. The van der Waals surface area contributed by atoms with Crippen molar-refractivity contribution in [3.8, 4) is 0 Å². The molecule has 0 radical (unpaired) electrons. The van der Waals surface area contributed by atoms with Gasteiger partial charge >= 0.3 is 0 Å². The summed E-state index contributed by atoms with van der Waals surface area (Å²) in [5.74, 6) is 0.313. The van der Waals surface area contributed by atoms with Crippen LogP contribution in [0.1, 0.15) is 30.5 Å². The minimum absolute atomic E-state index is 0.0575. The van der Waals surface area contributed by atoms with Crippen LogP contribution >= 0.6 is 0 Å². The van der Waals surface area contributed by atoms with Gasteiger partial charge in [0, 0.05) is 17.8 Å². The average Bonchev–Trinajstić information content (AvgIpc) is 2.44. The Bertz CT molecular complexity index is 557. The monoisotopic (exact) mass is 273 g/mol. The second-order valence-corrected chi connectivity index (χ2v) is 4.82. The lowest BCUT2D eigenvalue weighted by atomic mass is 9.98. The summed E-state index contributed by atoms with van der Waals surface area (Å²) < 4.78 is 14.0. The van der Waals surface area contributed by atoms with Crippen molar-refractivity contribution in [1.82, 2.24) is 10.3 Å². The maximum atomic E-state index is 14.0. The van der Waals surface area contributed by atoms with Gasteiger partial charge in [-0.2, -0.15) is 0 Å². The van der Waals surface area contributed by atoms with Gasteiger partial charge in [-0.05, 0) is 43.1 Å². The summed E-state index contributed by atoms with van der Waals surface area (Å²) in [7, 11) is 0. The lowest BCUT2D eigenvalue weighted by Crippen LogP contribution is -2.25. The Morgan fingerprint density at radius 3 is 2.80 bits per heavy atom. The third-order valence-electron chi connectivity index (χ3n) is 3.21. The zero-order valence-corrected chi connectivity index (χ0v) is 11.6. The molecule has 20 heavy (non-hydrogen) atoms. The molecule has 1 heterocycles. The number of nitrogens with zero attached hydrogens (tertiary/aromatic N) is 1. The number of aromatic nitrogens is 1. The molecule has 3 nitrogen and oxygen atoms in total. The van der Waals surface area contributed by atoms with Gasteiger partial charge in [0.05, 0.1) is 0 Å². The predicted molar refractivity (Wildman–Crippen MR) is 79.8 cm³/mol. The first-order valence-corrected chi connectivity index (χ1v) is 6.89. The van der Waals surface area contributed by atoms with Crippen LogP contribution in [0.4, 0.5) is 10.2 Å². The van der Waals surface area contributed by atoms with Crippen LogP contribution in [-0.2, 0) is 6.42 Å². The lowest BCUT2D eigenvalue weighted by Gasteiger charge is -2.20. The SMILES string of the molecule is CCCNC(Cc1ccnc(N)c1)c1ccccc1F.